The average molecular weight is 527 g/mol. The molecule has 0 N–H and O–H groups in total. The molecule has 0 aliphatic carbocycles. The number of aryl methyl sites for hydroxylation is 4. The molecule has 1 aliphatic rings. The van der Waals surface area contributed by atoms with Crippen molar-refractivity contribution in [2.24, 2.45) is 0 Å². The van der Waals surface area contributed by atoms with E-state index >= 15 is 0 Å². The number of nitrogens with zero attached hydrogens (tertiary/aromatic N) is 4. The lowest BCUT2D eigenvalue weighted by atomic mass is 9.85. The minimum Gasteiger partial charge on any atom is -0.493 e. The fraction of sp³-hybridized carbons (Fsp3) is 0.355. The summed E-state index contributed by atoms with van der Waals surface area (Å²) in [5, 5.41) is 0. The summed E-state index contributed by atoms with van der Waals surface area (Å²) in [4.78, 5) is 28.6. The van der Waals surface area contributed by atoms with Crippen molar-refractivity contribution in [1.29, 1.82) is 0 Å². The molecule has 5 rings (SSSR count). The molecule has 2 aromatic carbocycles. The van der Waals surface area contributed by atoms with Gasteiger partial charge in [0.15, 0.2) is 17.9 Å². The van der Waals surface area contributed by atoms with Gasteiger partial charge >= 0.3 is 0 Å². The summed E-state index contributed by atoms with van der Waals surface area (Å²) in [6.45, 7) is 7.20. The molecule has 1 atom stereocenters. The maximum Gasteiger partial charge on any atom is 0.223 e. The predicted molar refractivity (Wildman–Crippen MR) is 147 cm³/mol. The van der Waals surface area contributed by atoms with Crippen molar-refractivity contribution in [3.63, 3.8) is 0 Å². The van der Waals surface area contributed by atoms with Crippen molar-refractivity contribution < 1.29 is 18.7 Å². The van der Waals surface area contributed by atoms with Gasteiger partial charge in [-0.2, -0.15) is 0 Å². The Labute approximate surface area is 229 Å². The van der Waals surface area contributed by atoms with Gasteiger partial charge < -0.3 is 18.8 Å². The third kappa shape index (κ3) is 5.79. The maximum absolute atomic E-state index is 13.6. The Kier molecular flexibility index (Phi) is 7.91. The van der Waals surface area contributed by atoms with Crippen LogP contribution in [0.1, 0.15) is 57.4 Å². The number of methoxy groups -OCH3 is 1. The first-order valence-corrected chi connectivity index (χ1v) is 13.3. The lowest BCUT2D eigenvalue weighted by molar-refractivity contribution is -0.133. The van der Waals surface area contributed by atoms with Crippen molar-refractivity contribution in [3.05, 3.63) is 100 Å². The number of carbonyl (C=O) groups is 1. The second-order valence-electron chi connectivity index (χ2n) is 9.97. The molecule has 3 heterocycles. The number of carbonyl (C=O) groups excluding carboxylic acids is 1. The van der Waals surface area contributed by atoms with E-state index in [1.807, 2.05) is 11.8 Å². The monoisotopic (exact) mass is 526 g/mol. The van der Waals surface area contributed by atoms with E-state index in [2.05, 4.69) is 59.1 Å². The first-order valence-electron chi connectivity index (χ1n) is 13.3. The Morgan fingerprint density at radius 2 is 1.87 bits per heavy atom. The van der Waals surface area contributed by atoms with Gasteiger partial charge in [0, 0.05) is 38.2 Å². The van der Waals surface area contributed by atoms with E-state index in [4.69, 9.17) is 13.9 Å². The van der Waals surface area contributed by atoms with Gasteiger partial charge in [-0.05, 0) is 61.6 Å². The zero-order valence-electron chi connectivity index (χ0n) is 22.9. The Morgan fingerprint density at radius 3 is 2.62 bits per heavy atom. The molecular weight excluding hydrogens is 492 g/mol. The Morgan fingerprint density at radius 1 is 1.03 bits per heavy atom. The van der Waals surface area contributed by atoms with Crippen LogP contribution in [0.25, 0.3) is 0 Å². The molecule has 8 heteroatoms. The molecule has 0 spiro atoms. The van der Waals surface area contributed by atoms with E-state index in [0.717, 1.165) is 45.8 Å². The lowest BCUT2D eigenvalue weighted by Gasteiger charge is -2.39. The molecule has 0 bridgehead atoms. The molecule has 0 radical (unpaired) electrons. The summed E-state index contributed by atoms with van der Waals surface area (Å²) >= 11 is 0. The Bertz CT molecular complexity index is 1450. The van der Waals surface area contributed by atoms with Crippen LogP contribution in [0.4, 0.5) is 0 Å². The molecule has 2 aromatic heterocycles. The smallest absolute Gasteiger partial charge is 0.223 e. The average Bonchev–Trinajstić information content (AvgIpc) is 3.46. The second kappa shape index (κ2) is 11.7. The molecule has 8 nitrogen and oxygen atoms in total. The van der Waals surface area contributed by atoms with E-state index in [1.54, 1.807) is 25.8 Å². The van der Waals surface area contributed by atoms with Crippen LogP contribution >= 0.6 is 0 Å². The summed E-state index contributed by atoms with van der Waals surface area (Å²) in [5.74, 6) is 1.43. The first kappa shape index (κ1) is 26.4. The molecule has 39 heavy (non-hydrogen) atoms. The van der Waals surface area contributed by atoms with Crippen LogP contribution in [0, 0.1) is 20.8 Å². The number of hydrogen-bond acceptors (Lipinski definition) is 7. The maximum atomic E-state index is 13.6. The van der Waals surface area contributed by atoms with Gasteiger partial charge in [0.1, 0.15) is 6.26 Å². The second-order valence-corrected chi connectivity index (χ2v) is 9.97. The molecule has 1 amide bonds. The number of amides is 1. The highest BCUT2D eigenvalue weighted by atomic mass is 16.5. The lowest BCUT2D eigenvalue weighted by Crippen LogP contribution is -2.41. The van der Waals surface area contributed by atoms with Crippen LogP contribution in [0.2, 0.25) is 0 Å². The SMILES string of the molecule is COc1cc2c(cc1OCCc1nccnc1C)C(c1ccc(C)cc1C)N(C(=O)CCc1cocn1)CC2. The molecule has 0 fully saturated rings. The first-order chi connectivity index (χ1) is 18.9. The standard InChI is InChI=1S/C31H34N4O4/c1-20-5-7-25(21(2)15-20)31-26-17-29(39-14-10-27-22(3)32-11-12-33-27)28(37-4)16-23(26)9-13-35(31)30(36)8-6-24-18-38-19-34-24/h5,7,11-12,15-19,31H,6,8-10,13-14H2,1-4H3. The number of aromatic nitrogens is 3. The molecule has 0 saturated heterocycles. The highest BCUT2D eigenvalue weighted by Gasteiger charge is 2.34. The van der Waals surface area contributed by atoms with Crippen LogP contribution in [-0.2, 0) is 24.1 Å². The number of fused-ring (bicyclic) bond motifs is 1. The van der Waals surface area contributed by atoms with E-state index in [-0.39, 0.29) is 11.9 Å². The van der Waals surface area contributed by atoms with Crippen LogP contribution < -0.4 is 9.47 Å². The van der Waals surface area contributed by atoms with Crippen molar-refractivity contribution in [3.8, 4) is 11.5 Å². The Balaban J connectivity index is 1.47. The topological polar surface area (TPSA) is 90.6 Å². The normalized spacial score (nSPS) is 14.7. The highest BCUT2D eigenvalue weighted by Crippen LogP contribution is 2.42. The molecular formula is C31H34N4O4. The van der Waals surface area contributed by atoms with Gasteiger partial charge in [-0.25, -0.2) is 4.98 Å². The summed E-state index contributed by atoms with van der Waals surface area (Å²) < 4.78 is 17.1. The third-order valence-electron chi connectivity index (χ3n) is 7.35. The number of ether oxygens (including phenoxy) is 2. The van der Waals surface area contributed by atoms with Crippen molar-refractivity contribution in [2.45, 2.75) is 52.5 Å². The number of oxazole rings is 1. The molecule has 202 valence electrons. The molecule has 4 aromatic rings. The zero-order valence-corrected chi connectivity index (χ0v) is 22.9. The fourth-order valence-electron chi connectivity index (χ4n) is 5.31. The summed E-state index contributed by atoms with van der Waals surface area (Å²) in [6.07, 6.45) is 8.66. The van der Waals surface area contributed by atoms with Gasteiger partial charge in [0.05, 0.1) is 36.8 Å². The van der Waals surface area contributed by atoms with E-state index in [0.29, 0.717) is 43.9 Å². The van der Waals surface area contributed by atoms with E-state index in [9.17, 15) is 4.79 Å². The van der Waals surface area contributed by atoms with Gasteiger partial charge in [-0.3, -0.25) is 14.8 Å². The number of hydrogen-bond donors (Lipinski definition) is 0. The van der Waals surface area contributed by atoms with Crippen molar-refractivity contribution in [2.75, 3.05) is 20.3 Å². The number of rotatable bonds is 9. The highest BCUT2D eigenvalue weighted by molar-refractivity contribution is 5.78. The van der Waals surface area contributed by atoms with Gasteiger partial charge in [-0.15, -0.1) is 0 Å². The molecule has 1 unspecified atom stereocenters. The van der Waals surface area contributed by atoms with E-state index in [1.165, 1.54) is 12.0 Å². The van der Waals surface area contributed by atoms with Crippen LogP contribution in [-0.4, -0.2) is 46.0 Å². The third-order valence-corrected chi connectivity index (χ3v) is 7.35. The van der Waals surface area contributed by atoms with Gasteiger partial charge in [-0.1, -0.05) is 23.8 Å². The summed E-state index contributed by atoms with van der Waals surface area (Å²) in [6, 6.07) is 10.3. The van der Waals surface area contributed by atoms with Crippen molar-refractivity contribution in [1.82, 2.24) is 19.9 Å². The molecule has 1 aliphatic heterocycles. The van der Waals surface area contributed by atoms with E-state index < -0.39 is 0 Å². The van der Waals surface area contributed by atoms with Gasteiger partial charge in [0.2, 0.25) is 5.91 Å². The summed E-state index contributed by atoms with van der Waals surface area (Å²) in [7, 11) is 1.66. The van der Waals surface area contributed by atoms with Crippen LogP contribution in [0.15, 0.2) is 59.8 Å². The summed E-state index contributed by atoms with van der Waals surface area (Å²) in [5.41, 5.74) is 8.27. The molecule has 0 saturated carbocycles. The zero-order chi connectivity index (χ0) is 27.4. The predicted octanol–water partition coefficient (Wildman–Crippen LogP) is 5.13. The minimum atomic E-state index is -0.227. The van der Waals surface area contributed by atoms with Crippen molar-refractivity contribution >= 4 is 5.91 Å². The largest absolute Gasteiger partial charge is 0.493 e. The fourth-order valence-corrected chi connectivity index (χ4v) is 5.31. The van der Waals surface area contributed by atoms with Crippen LogP contribution in [0.5, 0.6) is 11.5 Å². The Hall–Kier alpha value is -4.20. The van der Waals surface area contributed by atoms with Crippen LogP contribution in [0.3, 0.4) is 0 Å². The quantitative estimate of drug-likeness (QED) is 0.299. The van der Waals surface area contributed by atoms with Gasteiger partial charge in [0.25, 0.3) is 0 Å². The number of benzene rings is 2. The minimum absolute atomic E-state index is 0.0880.